The summed E-state index contributed by atoms with van der Waals surface area (Å²) in [6.07, 6.45) is 14.5. The number of amides is 7. The number of methoxy groups -OCH3 is 2. The summed E-state index contributed by atoms with van der Waals surface area (Å²) in [5.74, 6) is -2.38. The molecule has 0 saturated carbocycles. The average molecular weight is 1100 g/mol. The van der Waals surface area contributed by atoms with Gasteiger partial charge in [-0.3, -0.25) is 53.3 Å². The van der Waals surface area contributed by atoms with Crippen LogP contribution in [0.25, 0.3) is 0 Å². The second-order valence-electron chi connectivity index (χ2n) is 20.4. The van der Waals surface area contributed by atoms with E-state index in [1.807, 2.05) is 30.5 Å². The number of carbonyl (C=O) groups is 7. The number of anilines is 2. The third-order valence-corrected chi connectivity index (χ3v) is 14.6. The van der Waals surface area contributed by atoms with Gasteiger partial charge in [0, 0.05) is 67.3 Å². The molecule has 81 heavy (non-hydrogen) atoms. The Kier molecular flexibility index (Phi) is 18.4. The second kappa shape index (κ2) is 26.3. The Morgan fingerprint density at radius 2 is 1.11 bits per heavy atom. The summed E-state index contributed by atoms with van der Waals surface area (Å²) in [5.41, 5.74) is 12.9. The molecule has 20 heteroatoms. The monoisotopic (exact) mass is 1100 g/mol. The number of ether oxygens (including phenoxy) is 4. The van der Waals surface area contributed by atoms with Gasteiger partial charge in [0.1, 0.15) is 13.2 Å². The molecule has 9 rings (SSSR count). The van der Waals surface area contributed by atoms with Crippen LogP contribution in [-0.2, 0) is 51.7 Å². The fourth-order valence-corrected chi connectivity index (χ4v) is 10.5. The number of benzene rings is 5. The minimum Gasteiger partial charge on any atom is -0.493 e. The molecule has 0 unspecified atom stereocenters. The van der Waals surface area contributed by atoms with Crippen LogP contribution in [0.4, 0.5) is 22.7 Å². The molecule has 4 aliphatic heterocycles. The summed E-state index contributed by atoms with van der Waals surface area (Å²) in [5, 5.41) is 9.79. The van der Waals surface area contributed by atoms with E-state index in [0.717, 1.165) is 35.3 Å². The smallest absolute Gasteiger partial charge is 0.261 e. The first kappa shape index (κ1) is 56.6. The molecular weight excluding hydrogens is 1030 g/mol. The zero-order valence-electron chi connectivity index (χ0n) is 45.8. The Morgan fingerprint density at radius 3 is 1.69 bits per heavy atom. The number of unbranched alkanes of at least 4 members (excludes halogenated alkanes) is 6. The van der Waals surface area contributed by atoms with E-state index in [-0.39, 0.29) is 73.7 Å². The molecule has 5 aromatic carbocycles. The number of aryl methyl sites for hydroxylation is 1. The van der Waals surface area contributed by atoms with E-state index in [9.17, 15) is 33.6 Å². The Balaban J connectivity index is 0.898. The summed E-state index contributed by atoms with van der Waals surface area (Å²) >= 11 is 0. The second-order valence-corrected chi connectivity index (χ2v) is 20.4. The highest BCUT2D eigenvalue weighted by molar-refractivity contribution is 6.16. The van der Waals surface area contributed by atoms with Crippen molar-refractivity contribution in [1.82, 2.24) is 21.3 Å². The topological polar surface area (TPSA) is 262 Å². The molecule has 0 bridgehead atoms. The van der Waals surface area contributed by atoms with Crippen molar-refractivity contribution < 1.29 is 52.5 Å². The molecule has 0 aliphatic carbocycles. The predicted octanol–water partition coefficient (Wildman–Crippen LogP) is 6.68. The van der Waals surface area contributed by atoms with Gasteiger partial charge >= 0.3 is 0 Å². The van der Waals surface area contributed by atoms with E-state index in [2.05, 4.69) is 46.4 Å². The van der Waals surface area contributed by atoms with E-state index >= 15 is 0 Å². The van der Waals surface area contributed by atoms with Crippen molar-refractivity contribution in [2.45, 2.75) is 103 Å². The van der Waals surface area contributed by atoms with Crippen LogP contribution in [-0.4, -0.2) is 106 Å². The van der Waals surface area contributed by atoms with Crippen LogP contribution in [0.3, 0.4) is 0 Å². The SMILES string of the molecule is CCCCCCCCCc1ccc2c(c1)C[C@H]1C=Nc3cc(OCc4cc(COc5cc6c(cc5OC)C(=O)N5c7ccccc7C[C@H]5C=N6)cc(C(=O)NCC(=O)NCC(=O)NCC(=O)NCCC(N)=O)c4)c(OC)cc3C(=O)N21. The highest BCUT2D eigenvalue weighted by atomic mass is 16.5. The molecule has 2 atom stereocenters. The standard InChI is InChI=1S/C61H67N9O11/c1-4-5-6-7-8-9-10-13-37-16-17-50-41(21-37)25-44-31-65-48-29-54(52(79-3)27-46(48)61(77)70(44)50)81-36-39-20-38(22-42(23-39)59(75)68-34-58(74)67-33-57(73)66-32-56(72)63-19-18-55(62)71)35-80-53-28-47-45(26-51(53)78-2)60(76)69-43(30-64-47)24-40-14-11-12-15-49(40)69/h11-12,14-17,20-23,26-31,43-44H,4-10,13,18-19,24-25,32-36H2,1-3H3,(H2,62,71)(H,63,72)(H,66,73)(H,67,74)(H,68,75)/t43-,44-/m0/s1. The first-order chi connectivity index (χ1) is 39.3. The van der Waals surface area contributed by atoms with Crippen LogP contribution in [0.5, 0.6) is 23.0 Å². The van der Waals surface area contributed by atoms with E-state index in [0.29, 0.717) is 58.0 Å². The minimum atomic E-state index is -0.683. The van der Waals surface area contributed by atoms with Gasteiger partial charge in [-0.05, 0) is 83.1 Å². The maximum atomic E-state index is 14.4. The van der Waals surface area contributed by atoms with Crippen molar-refractivity contribution in [3.63, 3.8) is 0 Å². The van der Waals surface area contributed by atoms with Gasteiger partial charge in [0.05, 0.1) is 68.4 Å². The van der Waals surface area contributed by atoms with Crippen molar-refractivity contribution in [3.8, 4) is 23.0 Å². The quantitative estimate of drug-likeness (QED) is 0.0365. The molecule has 422 valence electrons. The number of nitrogens with one attached hydrogen (secondary N) is 4. The summed E-state index contributed by atoms with van der Waals surface area (Å²) in [6, 6.07) is 25.2. The number of aliphatic imine (C=N–C) groups is 2. The van der Waals surface area contributed by atoms with Crippen LogP contribution in [0.1, 0.15) is 117 Å². The minimum absolute atomic E-state index is 0.0147. The van der Waals surface area contributed by atoms with Gasteiger partial charge in [-0.15, -0.1) is 0 Å². The lowest BCUT2D eigenvalue weighted by atomic mass is 10.0. The molecule has 4 aliphatic rings. The zero-order valence-corrected chi connectivity index (χ0v) is 45.8. The van der Waals surface area contributed by atoms with Crippen LogP contribution in [0, 0.1) is 0 Å². The molecular formula is C61H67N9O11. The molecule has 6 N–H and O–H groups in total. The van der Waals surface area contributed by atoms with E-state index in [4.69, 9.17) is 34.7 Å². The fourth-order valence-electron chi connectivity index (χ4n) is 10.5. The number of para-hydroxylation sites is 1. The van der Waals surface area contributed by atoms with Gasteiger partial charge in [-0.1, -0.05) is 75.8 Å². The molecule has 0 spiro atoms. The normalized spacial score (nSPS) is 15.2. The summed E-state index contributed by atoms with van der Waals surface area (Å²) in [7, 11) is 2.96. The van der Waals surface area contributed by atoms with Crippen LogP contribution >= 0.6 is 0 Å². The molecule has 0 fully saturated rings. The van der Waals surface area contributed by atoms with Gasteiger partial charge in [0.15, 0.2) is 23.0 Å². The van der Waals surface area contributed by atoms with Crippen molar-refractivity contribution in [2.24, 2.45) is 15.7 Å². The lowest BCUT2D eigenvalue weighted by Crippen LogP contribution is -2.44. The predicted molar refractivity (Wildman–Crippen MR) is 306 cm³/mol. The summed E-state index contributed by atoms with van der Waals surface area (Å²) in [4.78, 5) is 104. The zero-order chi connectivity index (χ0) is 57.0. The van der Waals surface area contributed by atoms with Crippen molar-refractivity contribution in [1.29, 1.82) is 0 Å². The highest BCUT2D eigenvalue weighted by Gasteiger charge is 2.38. The Bertz CT molecular complexity index is 3300. The number of fused-ring (bicyclic) bond motifs is 8. The van der Waals surface area contributed by atoms with Crippen LogP contribution < -0.4 is 55.7 Å². The van der Waals surface area contributed by atoms with Crippen molar-refractivity contribution in [3.05, 3.63) is 129 Å². The number of primary amides is 1. The van der Waals surface area contributed by atoms with E-state index in [1.54, 1.807) is 58.5 Å². The van der Waals surface area contributed by atoms with Crippen molar-refractivity contribution >= 4 is 76.5 Å². The largest absolute Gasteiger partial charge is 0.493 e. The Labute approximate surface area is 469 Å². The first-order valence-corrected chi connectivity index (χ1v) is 27.4. The Morgan fingerprint density at radius 1 is 0.580 bits per heavy atom. The Hall–Kier alpha value is -9.07. The molecule has 0 radical (unpaired) electrons. The lowest BCUT2D eigenvalue weighted by molar-refractivity contribution is -0.127. The number of hydrogen-bond acceptors (Lipinski definition) is 13. The molecule has 5 aromatic rings. The van der Waals surface area contributed by atoms with Gasteiger partial charge in [0.25, 0.3) is 17.7 Å². The summed E-state index contributed by atoms with van der Waals surface area (Å²) < 4.78 is 24.3. The number of rotatable bonds is 26. The number of nitrogens with zero attached hydrogens (tertiary/aromatic N) is 4. The average Bonchev–Trinajstić information content (AvgIpc) is 4.22. The van der Waals surface area contributed by atoms with Gasteiger partial charge in [0.2, 0.25) is 23.6 Å². The van der Waals surface area contributed by atoms with Gasteiger partial charge < -0.3 is 45.9 Å². The number of hydrogen-bond donors (Lipinski definition) is 5. The third-order valence-electron chi connectivity index (χ3n) is 14.6. The highest BCUT2D eigenvalue weighted by Crippen LogP contribution is 2.43. The first-order valence-electron chi connectivity index (χ1n) is 27.4. The number of carbonyl (C=O) groups excluding carboxylic acids is 7. The molecule has 0 saturated heterocycles. The van der Waals surface area contributed by atoms with E-state index in [1.165, 1.54) is 58.3 Å². The van der Waals surface area contributed by atoms with E-state index < -0.39 is 42.6 Å². The third kappa shape index (κ3) is 13.7. The maximum Gasteiger partial charge on any atom is 0.261 e. The molecule has 4 heterocycles. The van der Waals surface area contributed by atoms with Crippen LogP contribution in [0.15, 0.2) is 94.9 Å². The number of nitrogens with two attached hydrogens (primary N) is 1. The summed E-state index contributed by atoms with van der Waals surface area (Å²) in [6.45, 7) is 0.687. The molecule has 20 nitrogen and oxygen atoms in total. The maximum absolute atomic E-state index is 14.4. The fraction of sp³-hybridized carbons (Fsp3) is 0.361. The van der Waals surface area contributed by atoms with Crippen molar-refractivity contribution in [2.75, 3.05) is 50.2 Å². The molecule has 0 aromatic heterocycles. The molecule has 7 amide bonds. The van der Waals surface area contributed by atoms with Gasteiger partial charge in [-0.25, -0.2) is 0 Å². The van der Waals surface area contributed by atoms with Crippen LogP contribution in [0.2, 0.25) is 0 Å². The van der Waals surface area contributed by atoms with Gasteiger partial charge in [-0.2, -0.15) is 0 Å². The lowest BCUT2D eigenvalue weighted by Gasteiger charge is -2.22.